The van der Waals surface area contributed by atoms with Crippen molar-refractivity contribution in [3.63, 3.8) is 0 Å². The molecule has 4 rings (SSSR count). The number of allylic oxidation sites excluding steroid dienone is 2. The molecule has 0 unspecified atom stereocenters. The number of halogens is 2. The summed E-state index contributed by atoms with van der Waals surface area (Å²) in [6, 6.07) is 11.2. The average Bonchev–Trinajstić information content (AvgIpc) is 2.95. The maximum Gasteiger partial charge on any atom is 0.255 e. The van der Waals surface area contributed by atoms with Crippen molar-refractivity contribution in [2.24, 2.45) is 11.8 Å². The Hall–Kier alpha value is -2.63. The first kappa shape index (κ1) is 18.7. The molecule has 28 heavy (non-hydrogen) atoms. The van der Waals surface area contributed by atoms with Crippen molar-refractivity contribution >= 4 is 52.3 Å². The van der Waals surface area contributed by atoms with Gasteiger partial charge in [0.2, 0.25) is 11.8 Å². The van der Waals surface area contributed by atoms with Crippen LogP contribution in [0.4, 0.5) is 11.4 Å². The molecule has 2 aromatic rings. The van der Waals surface area contributed by atoms with Gasteiger partial charge < -0.3 is 5.32 Å². The summed E-state index contributed by atoms with van der Waals surface area (Å²) in [6.45, 7) is 0. The van der Waals surface area contributed by atoms with Gasteiger partial charge in [0.1, 0.15) is 0 Å². The van der Waals surface area contributed by atoms with Gasteiger partial charge in [-0.1, -0.05) is 41.4 Å². The molecule has 5 nitrogen and oxygen atoms in total. The van der Waals surface area contributed by atoms with Crippen molar-refractivity contribution in [1.82, 2.24) is 0 Å². The Morgan fingerprint density at radius 3 is 2.29 bits per heavy atom. The third-order valence-corrected chi connectivity index (χ3v) is 5.60. The molecule has 1 fully saturated rings. The monoisotopic (exact) mass is 414 g/mol. The molecule has 1 N–H and O–H groups in total. The summed E-state index contributed by atoms with van der Waals surface area (Å²) >= 11 is 12.0. The minimum absolute atomic E-state index is 0.211. The normalized spacial score (nSPS) is 21.0. The largest absolute Gasteiger partial charge is 0.321 e. The molecule has 1 saturated heterocycles. The molecule has 0 bridgehead atoms. The number of rotatable bonds is 3. The zero-order valence-electron chi connectivity index (χ0n) is 14.7. The highest BCUT2D eigenvalue weighted by Crippen LogP contribution is 2.37. The van der Waals surface area contributed by atoms with Crippen molar-refractivity contribution in [3.05, 3.63) is 70.2 Å². The Morgan fingerprint density at radius 2 is 1.64 bits per heavy atom. The fraction of sp³-hybridized carbons (Fsp3) is 0.190. The number of hydrogen-bond donors (Lipinski definition) is 1. The maximum absolute atomic E-state index is 12.7. The van der Waals surface area contributed by atoms with Crippen molar-refractivity contribution in [2.75, 3.05) is 10.2 Å². The summed E-state index contributed by atoms with van der Waals surface area (Å²) in [5, 5.41) is 3.50. The number of imide groups is 1. The molecule has 3 amide bonds. The second kappa shape index (κ2) is 7.41. The molecule has 2 aliphatic rings. The van der Waals surface area contributed by atoms with Crippen molar-refractivity contribution in [1.29, 1.82) is 0 Å². The molecule has 2 aromatic carbocycles. The smallest absolute Gasteiger partial charge is 0.255 e. The SMILES string of the molecule is O=C(Nc1ccc(Cl)cc1Cl)c1cccc(N2C(=O)[C@@H]3CC=CC[C@H]3C2=O)c1. The molecule has 1 heterocycles. The number of nitrogens with zero attached hydrogens (tertiary/aromatic N) is 1. The average molecular weight is 415 g/mol. The second-order valence-electron chi connectivity index (χ2n) is 6.80. The number of carbonyl (C=O) groups is 3. The first-order chi connectivity index (χ1) is 13.5. The molecule has 7 heteroatoms. The zero-order chi connectivity index (χ0) is 19.8. The van der Waals surface area contributed by atoms with Gasteiger partial charge >= 0.3 is 0 Å². The predicted molar refractivity (Wildman–Crippen MR) is 109 cm³/mol. The molecule has 2 atom stereocenters. The van der Waals surface area contributed by atoms with Crippen LogP contribution >= 0.6 is 23.2 Å². The fourth-order valence-electron chi connectivity index (χ4n) is 3.63. The van der Waals surface area contributed by atoms with Gasteiger partial charge in [0.15, 0.2) is 0 Å². The Labute approximate surface area is 171 Å². The number of benzene rings is 2. The van der Waals surface area contributed by atoms with Crippen LogP contribution in [0.5, 0.6) is 0 Å². The molecular formula is C21H16Cl2N2O3. The summed E-state index contributed by atoms with van der Waals surface area (Å²) in [5.41, 5.74) is 1.14. The lowest BCUT2D eigenvalue weighted by molar-refractivity contribution is -0.122. The highest BCUT2D eigenvalue weighted by Gasteiger charge is 2.47. The van der Waals surface area contributed by atoms with Gasteiger partial charge in [-0.25, -0.2) is 0 Å². The first-order valence-electron chi connectivity index (χ1n) is 8.85. The third-order valence-electron chi connectivity index (χ3n) is 5.05. The van der Waals surface area contributed by atoms with E-state index in [2.05, 4.69) is 5.32 Å². The van der Waals surface area contributed by atoms with Crippen molar-refractivity contribution in [2.45, 2.75) is 12.8 Å². The maximum atomic E-state index is 12.7. The highest BCUT2D eigenvalue weighted by atomic mass is 35.5. The summed E-state index contributed by atoms with van der Waals surface area (Å²) in [4.78, 5) is 39.3. The van der Waals surface area contributed by atoms with Crippen molar-refractivity contribution in [3.8, 4) is 0 Å². The predicted octanol–water partition coefficient (Wildman–Crippen LogP) is 4.70. The number of anilines is 2. The summed E-state index contributed by atoms with van der Waals surface area (Å²) in [5.74, 6) is -1.45. The lowest BCUT2D eigenvalue weighted by Gasteiger charge is -2.16. The van der Waals surface area contributed by atoms with Crippen LogP contribution in [0.1, 0.15) is 23.2 Å². The highest BCUT2D eigenvalue weighted by molar-refractivity contribution is 6.36. The van der Waals surface area contributed by atoms with Crippen LogP contribution < -0.4 is 10.2 Å². The molecule has 1 aliphatic heterocycles. The van der Waals surface area contributed by atoms with Crippen LogP contribution in [-0.4, -0.2) is 17.7 Å². The molecular weight excluding hydrogens is 399 g/mol. The lowest BCUT2D eigenvalue weighted by Crippen LogP contribution is -2.31. The molecule has 0 radical (unpaired) electrons. The minimum Gasteiger partial charge on any atom is -0.321 e. The Kier molecular flexibility index (Phi) is 4.96. The number of amides is 3. The number of hydrogen-bond acceptors (Lipinski definition) is 3. The van der Waals surface area contributed by atoms with Gasteiger partial charge in [-0.3, -0.25) is 19.3 Å². The van der Waals surface area contributed by atoms with Crippen LogP contribution in [0.3, 0.4) is 0 Å². The van der Waals surface area contributed by atoms with E-state index in [1.165, 1.54) is 11.0 Å². The molecule has 0 spiro atoms. The van der Waals surface area contributed by atoms with Crippen LogP contribution in [0, 0.1) is 11.8 Å². The lowest BCUT2D eigenvalue weighted by atomic mass is 9.85. The van der Waals surface area contributed by atoms with E-state index in [0.29, 0.717) is 39.8 Å². The molecule has 0 saturated carbocycles. The number of nitrogens with one attached hydrogen (secondary N) is 1. The van der Waals surface area contributed by atoms with Gasteiger partial charge in [0, 0.05) is 10.6 Å². The second-order valence-corrected chi connectivity index (χ2v) is 7.64. The molecule has 1 aliphatic carbocycles. The van der Waals surface area contributed by atoms with Crippen LogP contribution in [0.25, 0.3) is 0 Å². The summed E-state index contributed by atoms with van der Waals surface area (Å²) in [7, 11) is 0. The van der Waals surface area contributed by atoms with Crippen molar-refractivity contribution < 1.29 is 14.4 Å². The van der Waals surface area contributed by atoms with Gasteiger partial charge in [-0.15, -0.1) is 0 Å². The van der Waals surface area contributed by atoms with E-state index in [1.807, 2.05) is 12.2 Å². The third kappa shape index (κ3) is 3.32. The van der Waals surface area contributed by atoms with E-state index in [0.717, 1.165) is 0 Å². The fourth-order valence-corrected chi connectivity index (χ4v) is 4.08. The van der Waals surface area contributed by atoms with Gasteiger partial charge in [-0.2, -0.15) is 0 Å². The number of carbonyl (C=O) groups excluding carboxylic acids is 3. The summed E-state index contributed by atoms with van der Waals surface area (Å²) < 4.78 is 0. The van der Waals surface area contributed by atoms with E-state index in [1.54, 1.807) is 36.4 Å². The van der Waals surface area contributed by atoms with Gasteiger partial charge in [0.05, 0.1) is 28.2 Å². The Balaban J connectivity index is 1.59. The Morgan fingerprint density at radius 1 is 0.964 bits per heavy atom. The topological polar surface area (TPSA) is 66.5 Å². The summed E-state index contributed by atoms with van der Waals surface area (Å²) in [6.07, 6.45) is 5.02. The minimum atomic E-state index is -0.399. The van der Waals surface area contributed by atoms with Crippen LogP contribution in [0.2, 0.25) is 10.0 Å². The molecule has 0 aromatic heterocycles. The van der Waals surface area contributed by atoms with E-state index >= 15 is 0 Å². The first-order valence-corrected chi connectivity index (χ1v) is 9.60. The van der Waals surface area contributed by atoms with Crippen LogP contribution in [0.15, 0.2) is 54.6 Å². The van der Waals surface area contributed by atoms with E-state index in [-0.39, 0.29) is 23.7 Å². The molecule has 142 valence electrons. The standard InChI is InChI=1S/C21H16Cl2N2O3/c22-13-8-9-18(17(23)11-13)24-19(26)12-4-3-5-14(10-12)25-20(27)15-6-1-2-7-16(15)21(25)28/h1-5,8-11,15-16H,6-7H2,(H,24,26)/t15-,16-/m1/s1. The van der Waals surface area contributed by atoms with E-state index < -0.39 is 5.91 Å². The van der Waals surface area contributed by atoms with Gasteiger partial charge in [0.25, 0.3) is 5.91 Å². The van der Waals surface area contributed by atoms with E-state index in [9.17, 15) is 14.4 Å². The van der Waals surface area contributed by atoms with Gasteiger partial charge in [-0.05, 0) is 49.2 Å². The zero-order valence-corrected chi connectivity index (χ0v) is 16.2. The van der Waals surface area contributed by atoms with E-state index in [4.69, 9.17) is 23.2 Å². The van der Waals surface area contributed by atoms with Crippen LogP contribution in [-0.2, 0) is 9.59 Å². The number of fused-ring (bicyclic) bond motifs is 1. The Bertz CT molecular complexity index is 992. The quantitative estimate of drug-likeness (QED) is 0.584.